The molecule has 1 unspecified atom stereocenters. The second-order valence-corrected chi connectivity index (χ2v) is 2.65. The van der Waals surface area contributed by atoms with Gasteiger partial charge in [-0.3, -0.25) is 10.1 Å². The number of hydrogen-bond donors (Lipinski definition) is 2. The highest BCUT2D eigenvalue weighted by molar-refractivity contribution is 8.02. The molecule has 0 aliphatic rings. The number of nitro groups is 1. The molecule has 0 radical (unpaired) electrons. The lowest BCUT2D eigenvalue weighted by molar-refractivity contribution is -0.403. The van der Waals surface area contributed by atoms with Gasteiger partial charge in [0.15, 0.2) is 0 Å². The van der Waals surface area contributed by atoms with E-state index in [9.17, 15) is 10.1 Å². The van der Waals surface area contributed by atoms with Crippen molar-refractivity contribution < 1.29 is 10.0 Å². The summed E-state index contributed by atoms with van der Waals surface area (Å²) in [5.41, 5.74) is 0. The molecule has 11 heavy (non-hydrogen) atoms. The largest absolute Gasteiger partial charge is 0.374 e. The Balaban J connectivity index is 4.05. The van der Waals surface area contributed by atoms with Gasteiger partial charge in [-0.25, -0.2) is 0 Å². The van der Waals surface area contributed by atoms with E-state index in [1.54, 1.807) is 6.26 Å². The highest BCUT2D eigenvalue weighted by Crippen LogP contribution is 2.07. The molecule has 2 N–H and O–H groups in total. The van der Waals surface area contributed by atoms with E-state index in [0.717, 1.165) is 6.20 Å². The van der Waals surface area contributed by atoms with Crippen LogP contribution in [-0.2, 0) is 0 Å². The smallest absolute Gasteiger partial charge is 0.264 e. The third kappa shape index (κ3) is 5.68. The van der Waals surface area contributed by atoms with Crippen molar-refractivity contribution in [3.63, 3.8) is 0 Å². The Kier molecular flexibility index (Phi) is 4.64. The van der Waals surface area contributed by atoms with Crippen molar-refractivity contribution in [2.24, 2.45) is 0 Å². The van der Waals surface area contributed by atoms with E-state index in [4.69, 9.17) is 5.11 Å². The van der Waals surface area contributed by atoms with Gasteiger partial charge in [0.05, 0.1) is 4.92 Å². The lowest BCUT2D eigenvalue weighted by Crippen LogP contribution is -2.23. The van der Waals surface area contributed by atoms with E-state index >= 15 is 0 Å². The number of aliphatic hydroxyl groups is 1. The van der Waals surface area contributed by atoms with Crippen LogP contribution in [0.1, 0.15) is 6.92 Å². The highest BCUT2D eigenvalue weighted by atomic mass is 32.2. The molecule has 5 nitrogen and oxygen atoms in total. The summed E-state index contributed by atoms with van der Waals surface area (Å²) in [6, 6.07) is 0. The first-order valence-electron chi connectivity index (χ1n) is 2.90. The number of rotatable bonds is 4. The maximum atomic E-state index is 9.94. The standard InChI is InChI=1S/C5H10N2O3S/c1-4(8)6-5(11-2)3-7(9)10/h3-4,6,8H,1-2H3. The summed E-state index contributed by atoms with van der Waals surface area (Å²) in [6.07, 6.45) is 1.73. The first kappa shape index (κ1) is 10.2. The second kappa shape index (κ2) is 4.97. The molecule has 0 aliphatic carbocycles. The van der Waals surface area contributed by atoms with Crippen molar-refractivity contribution in [2.75, 3.05) is 6.26 Å². The molecule has 0 saturated heterocycles. The third-order valence-corrected chi connectivity index (χ3v) is 1.46. The zero-order chi connectivity index (χ0) is 8.85. The van der Waals surface area contributed by atoms with Crippen LogP contribution in [0.3, 0.4) is 0 Å². The van der Waals surface area contributed by atoms with Crippen LogP contribution < -0.4 is 5.32 Å². The zero-order valence-corrected chi connectivity index (χ0v) is 7.09. The van der Waals surface area contributed by atoms with Crippen molar-refractivity contribution in [1.29, 1.82) is 0 Å². The minimum atomic E-state index is -0.770. The average molecular weight is 178 g/mol. The maximum absolute atomic E-state index is 9.94. The van der Waals surface area contributed by atoms with E-state index in [-0.39, 0.29) is 0 Å². The van der Waals surface area contributed by atoms with Crippen molar-refractivity contribution in [2.45, 2.75) is 13.2 Å². The van der Waals surface area contributed by atoms with Crippen molar-refractivity contribution in [1.82, 2.24) is 5.32 Å². The van der Waals surface area contributed by atoms with Gasteiger partial charge in [0.1, 0.15) is 11.3 Å². The fraction of sp³-hybridized carbons (Fsp3) is 0.600. The topological polar surface area (TPSA) is 75.4 Å². The predicted octanol–water partition coefficient (Wildman–Crippen LogP) is 0.353. The molecule has 6 heteroatoms. The lowest BCUT2D eigenvalue weighted by Gasteiger charge is -2.07. The second-order valence-electron chi connectivity index (χ2n) is 1.80. The third-order valence-electron chi connectivity index (χ3n) is 0.794. The number of nitrogens with zero attached hydrogens (tertiary/aromatic N) is 1. The quantitative estimate of drug-likeness (QED) is 0.369. The molecule has 0 heterocycles. The molecule has 0 aromatic rings. The molecule has 0 rings (SSSR count). The molecule has 0 aromatic heterocycles. The van der Waals surface area contributed by atoms with Gasteiger partial charge in [0.2, 0.25) is 0 Å². The van der Waals surface area contributed by atoms with E-state index in [1.165, 1.54) is 18.7 Å². The van der Waals surface area contributed by atoms with Crippen LogP contribution in [0.4, 0.5) is 0 Å². The number of hydrogen-bond acceptors (Lipinski definition) is 5. The Morgan fingerprint density at radius 3 is 2.73 bits per heavy atom. The Morgan fingerprint density at radius 1 is 1.91 bits per heavy atom. The van der Waals surface area contributed by atoms with Crippen LogP contribution in [0.2, 0.25) is 0 Å². The van der Waals surface area contributed by atoms with Gasteiger partial charge < -0.3 is 10.4 Å². The lowest BCUT2D eigenvalue weighted by atomic mass is 10.6. The Morgan fingerprint density at radius 2 is 2.45 bits per heavy atom. The highest BCUT2D eigenvalue weighted by Gasteiger charge is 2.02. The fourth-order valence-electron chi connectivity index (χ4n) is 0.451. The van der Waals surface area contributed by atoms with Gasteiger partial charge in [-0.1, -0.05) is 0 Å². The molecule has 0 amide bonds. The average Bonchev–Trinajstić information content (AvgIpc) is 1.84. The van der Waals surface area contributed by atoms with Crippen LogP contribution in [0.25, 0.3) is 0 Å². The molecule has 0 aliphatic heterocycles. The van der Waals surface area contributed by atoms with Gasteiger partial charge >= 0.3 is 0 Å². The van der Waals surface area contributed by atoms with E-state index in [2.05, 4.69) is 5.32 Å². The normalized spacial score (nSPS) is 14.3. The number of nitrogens with one attached hydrogen (secondary N) is 1. The monoisotopic (exact) mass is 178 g/mol. The number of thioether (sulfide) groups is 1. The molecule has 64 valence electrons. The first-order chi connectivity index (χ1) is 5.06. The molecule has 0 bridgehead atoms. The molecular weight excluding hydrogens is 168 g/mol. The molecule has 0 spiro atoms. The van der Waals surface area contributed by atoms with Gasteiger partial charge in [0, 0.05) is 0 Å². The van der Waals surface area contributed by atoms with Gasteiger partial charge in [0.25, 0.3) is 6.20 Å². The van der Waals surface area contributed by atoms with Crippen LogP contribution in [0, 0.1) is 10.1 Å². The van der Waals surface area contributed by atoms with Gasteiger partial charge in [-0.15, -0.1) is 11.8 Å². The summed E-state index contributed by atoms with van der Waals surface area (Å²) in [4.78, 5) is 9.38. The molecule has 0 aromatic carbocycles. The summed E-state index contributed by atoms with van der Waals surface area (Å²) in [5, 5.41) is 21.6. The van der Waals surface area contributed by atoms with Crippen molar-refractivity contribution in [3.8, 4) is 0 Å². The van der Waals surface area contributed by atoms with E-state index in [1.807, 2.05) is 0 Å². The first-order valence-corrected chi connectivity index (χ1v) is 4.12. The Labute approximate surface area is 68.6 Å². The molecule has 0 saturated carbocycles. The minimum absolute atomic E-state index is 0.338. The van der Waals surface area contributed by atoms with Crippen LogP contribution in [-0.4, -0.2) is 22.5 Å². The molecular formula is C5H10N2O3S. The summed E-state index contributed by atoms with van der Waals surface area (Å²) >= 11 is 1.17. The maximum Gasteiger partial charge on any atom is 0.264 e. The zero-order valence-electron chi connectivity index (χ0n) is 6.27. The van der Waals surface area contributed by atoms with E-state index in [0.29, 0.717) is 5.03 Å². The van der Waals surface area contributed by atoms with E-state index < -0.39 is 11.2 Å². The van der Waals surface area contributed by atoms with Crippen LogP contribution in [0.5, 0.6) is 0 Å². The summed E-state index contributed by atoms with van der Waals surface area (Å²) in [7, 11) is 0. The van der Waals surface area contributed by atoms with Gasteiger partial charge in [-0.05, 0) is 13.2 Å². The SMILES string of the molecule is CSC(=C[N+](=O)[O-])NC(C)O. The Hall–Kier alpha value is -0.750. The van der Waals surface area contributed by atoms with Crippen LogP contribution >= 0.6 is 11.8 Å². The van der Waals surface area contributed by atoms with Crippen molar-refractivity contribution >= 4 is 11.8 Å². The van der Waals surface area contributed by atoms with Crippen molar-refractivity contribution in [3.05, 3.63) is 21.3 Å². The summed E-state index contributed by atoms with van der Waals surface area (Å²) in [5.74, 6) is 0. The number of aliphatic hydroxyl groups excluding tert-OH is 1. The summed E-state index contributed by atoms with van der Waals surface area (Å²) in [6.45, 7) is 1.49. The van der Waals surface area contributed by atoms with Crippen LogP contribution in [0.15, 0.2) is 11.2 Å². The molecule has 1 atom stereocenters. The minimum Gasteiger partial charge on any atom is -0.374 e. The fourth-order valence-corrected chi connectivity index (χ4v) is 0.930. The predicted molar refractivity (Wildman–Crippen MR) is 43.4 cm³/mol. The Bertz CT molecular complexity index is 169. The summed E-state index contributed by atoms with van der Waals surface area (Å²) < 4.78 is 0. The molecule has 0 fully saturated rings. The van der Waals surface area contributed by atoms with Gasteiger partial charge in [-0.2, -0.15) is 0 Å².